The quantitative estimate of drug-likeness (QED) is 0.455. The van der Waals surface area contributed by atoms with E-state index in [1.54, 1.807) is 0 Å². The molecule has 0 bridgehead atoms. The number of aliphatic imine (C=N–C) groups is 1. The first-order valence-corrected chi connectivity index (χ1v) is 8.72. The van der Waals surface area contributed by atoms with Gasteiger partial charge in [0, 0.05) is 19.9 Å². The van der Waals surface area contributed by atoms with Gasteiger partial charge in [-0.3, -0.25) is 4.99 Å². The number of ether oxygens (including phenoxy) is 2. The maximum atomic E-state index is 13.5. The van der Waals surface area contributed by atoms with E-state index in [0.717, 1.165) is 23.9 Å². The molecule has 10 heteroatoms. The summed E-state index contributed by atoms with van der Waals surface area (Å²) in [7, 11) is 1.45. The Hall–Kier alpha value is -1.36. The molecule has 1 aliphatic heterocycles. The van der Waals surface area contributed by atoms with Crippen LogP contribution in [0, 0.1) is 5.82 Å². The van der Waals surface area contributed by atoms with Gasteiger partial charge in [-0.1, -0.05) is 23.9 Å². The second kappa shape index (κ2) is 9.03. The lowest BCUT2D eigenvalue weighted by Crippen LogP contribution is -2.49. The van der Waals surface area contributed by atoms with Gasteiger partial charge in [0.15, 0.2) is 11.3 Å². The van der Waals surface area contributed by atoms with Gasteiger partial charge in [0.25, 0.3) is 0 Å². The van der Waals surface area contributed by atoms with E-state index in [9.17, 15) is 22.7 Å². The van der Waals surface area contributed by atoms with Gasteiger partial charge in [-0.2, -0.15) is 13.2 Å². The topological polar surface area (TPSA) is 77.1 Å². The monoisotopic (exact) mass is 396 g/mol. The lowest BCUT2D eigenvalue weighted by Gasteiger charge is -2.37. The fourth-order valence-corrected chi connectivity index (χ4v) is 3.42. The van der Waals surface area contributed by atoms with Crippen LogP contribution < -0.4 is 5.73 Å². The number of amidine groups is 1. The van der Waals surface area contributed by atoms with Crippen LogP contribution in [-0.2, 0) is 16.1 Å². The molecule has 0 radical (unpaired) electrons. The van der Waals surface area contributed by atoms with Gasteiger partial charge in [0.1, 0.15) is 11.3 Å². The maximum Gasteiger partial charge on any atom is 0.417 e. The van der Waals surface area contributed by atoms with E-state index >= 15 is 0 Å². The molecule has 0 amide bonds. The predicted molar refractivity (Wildman–Crippen MR) is 90.1 cm³/mol. The maximum absolute atomic E-state index is 13.5. The highest BCUT2D eigenvalue weighted by molar-refractivity contribution is 8.14. The molecule has 1 unspecified atom stereocenters. The van der Waals surface area contributed by atoms with Crippen molar-refractivity contribution in [3.8, 4) is 0 Å². The van der Waals surface area contributed by atoms with Gasteiger partial charge in [0.05, 0.1) is 18.8 Å². The molecular formula is C16H20F4N2O3S. The summed E-state index contributed by atoms with van der Waals surface area (Å²) in [6.07, 6.45) is -9.36. The predicted octanol–water partition coefficient (Wildman–Crippen LogP) is 2.82. The van der Waals surface area contributed by atoms with Gasteiger partial charge in [-0.25, -0.2) is 4.39 Å². The first-order valence-electron chi connectivity index (χ1n) is 7.84. The van der Waals surface area contributed by atoms with Crippen molar-refractivity contribution in [2.75, 3.05) is 7.05 Å². The van der Waals surface area contributed by atoms with Gasteiger partial charge in [0.2, 0.25) is 0 Å². The molecule has 4 atom stereocenters. The first kappa shape index (κ1) is 20.9. The van der Waals surface area contributed by atoms with Crippen LogP contribution in [-0.4, -0.2) is 47.2 Å². The van der Waals surface area contributed by atoms with Crippen LogP contribution in [0.1, 0.15) is 18.4 Å². The van der Waals surface area contributed by atoms with E-state index in [1.807, 2.05) is 0 Å². The highest BCUT2D eigenvalue weighted by Crippen LogP contribution is 2.36. The third kappa shape index (κ3) is 6.11. The van der Waals surface area contributed by atoms with Crippen LogP contribution in [0.2, 0.25) is 0 Å². The van der Waals surface area contributed by atoms with Crippen molar-refractivity contribution in [2.45, 2.75) is 49.4 Å². The summed E-state index contributed by atoms with van der Waals surface area (Å²) in [5, 5.41) is 10.1. The zero-order chi connectivity index (χ0) is 19.3. The molecule has 1 heterocycles. The number of thioether (sulfide) groups is 1. The Balaban J connectivity index is 2.08. The van der Waals surface area contributed by atoms with Gasteiger partial charge in [-0.15, -0.1) is 0 Å². The molecule has 1 aliphatic rings. The summed E-state index contributed by atoms with van der Waals surface area (Å²) in [6, 6.07) is 4.97. The molecule has 0 aromatic heterocycles. The Labute approximate surface area is 152 Å². The minimum absolute atomic E-state index is 0.139. The molecule has 0 saturated carbocycles. The minimum Gasteiger partial charge on any atom is -0.393 e. The second-order valence-electron chi connectivity index (χ2n) is 5.81. The number of aliphatic hydroxyl groups excluding tert-OH is 1. The summed E-state index contributed by atoms with van der Waals surface area (Å²) < 4.78 is 63.8. The highest BCUT2D eigenvalue weighted by atomic mass is 32.2. The molecule has 0 aliphatic carbocycles. The molecule has 1 fully saturated rings. The van der Waals surface area contributed by atoms with Crippen molar-refractivity contribution >= 4 is 16.9 Å². The molecule has 5 nitrogen and oxygen atoms in total. The van der Waals surface area contributed by atoms with E-state index in [1.165, 1.54) is 19.2 Å². The number of hydrogen-bond acceptors (Lipinski definition) is 5. The average Bonchev–Trinajstić information content (AvgIpc) is 2.55. The summed E-state index contributed by atoms with van der Waals surface area (Å²) in [6.45, 7) is -0.364. The van der Waals surface area contributed by atoms with Crippen LogP contribution in [0.5, 0.6) is 0 Å². The zero-order valence-corrected chi connectivity index (χ0v) is 14.8. The van der Waals surface area contributed by atoms with Crippen molar-refractivity contribution in [1.82, 2.24) is 0 Å². The molecule has 1 aromatic carbocycles. The van der Waals surface area contributed by atoms with Crippen LogP contribution in [0.25, 0.3) is 0 Å². The van der Waals surface area contributed by atoms with E-state index in [-0.39, 0.29) is 24.6 Å². The van der Waals surface area contributed by atoms with Crippen LogP contribution in [0.4, 0.5) is 17.6 Å². The summed E-state index contributed by atoms with van der Waals surface area (Å²) >= 11 is 0.953. The zero-order valence-electron chi connectivity index (χ0n) is 13.9. The van der Waals surface area contributed by atoms with Crippen molar-refractivity contribution in [3.05, 3.63) is 35.6 Å². The normalized spacial score (nSPS) is 25.9. The van der Waals surface area contributed by atoms with E-state index < -0.39 is 35.7 Å². The third-order valence-corrected chi connectivity index (χ3v) is 4.76. The molecule has 1 aromatic rings. The van der Waals surface area contributed by atoms with Gasteiger partial charge >= 0.3 is 6.18 Å². The van der Waals surface area contributed by atoms with E-state index in [0.29, 0.717) is 5.56 Å². The molecule has 3 N–H and O–H groups in total. The number of aliphatic hydroxyl groups is 1. The Bertz CT molecular complexity index is 613. The minimum atomic E-state index is -4.69. The van der Waals surface area contributed by atoms with Crippen LogP contribution in [0.15, 0.2) is 29.3 Å². The summed E-state index contributed by atoms with van der Waals surface area (Å²) in [5.74, 6) is -0.491. The summed E-state index contributed by atoms with van der Waals surface area (Å²) in [4.78, 5) is 3.72. The van der Waals surface area contributed by atoms with Gasteiger partial charge in [-0.05, 0) is 17.7 Å². The fraction of sp³-hybridized carbons (Fsp3) is 0.562. The fourth-order valence-electron chi connectivity index (χ4n) is 2.53. The van der Waals surface area contributed by atoms with Crippen LogP contribution in [0.3, 0.4) is 0 Å². The van der Waals surface area contributed by atoms with Crippen molar-refractivity contribution < 1.29 is 32.1 Å². The number of benzene rings is 1. The average molecular weight is 396 g/mol. The Morgan fingerprint density at radius 2 is 2.04 bits per heavy atom. The molecule has 0 spiro atoms. The Morgan fingerprint density at radius 1 is 1.38 bits per heavy atom. The number of nitrogens with zero attached hydrogens (tertiary/aromatic N) is 1. The Morgan fingerprint density at radius 3 is 2.62 bits per heavy atom. The number of hydrogen-bond donors (Lipinski definition) is 2. The number of halogens is 4. The Kier molecular flexibility index (Phi) is 7.27. The highest BCUT2D eigenvalue weighted by Gasteiger charge is 2.49. The lowest BCUT2D eigenvalue weighted by molar-refractivity contribution is -0.266. The van der Waals surface area contributed by atoms with Crippen molar-refractivity contribution in [1.29, 1.82) is 0 Å². The second-order valence-corrected chi connectivity index (χ2v) is 6.99. The molecular weight excluding hydrogens is 376 g/mol. The van der Waals surface area contributed by atoms with E-state index in [4.69, 9.17) is 15.2 Å². The largest absolute Gasteiger partial charge is 0.417 e. The number of rotatable bonds is 5. The SMILES string of the molecule is CN=C(N)SC1C[C@@H](O)C[C@@H]([C@@H](OCc2ccc(F)cc2)C(F)(F)F)O1. The lowest BCUT2D eigenvalue weighted by atomic mass is 10.0. The molecule has 2 rings (SSSR count). The van der Waals surface area contributed by atoms with E-state index in [2.05, 4.69) is 4.99 Å². The van der Waals surface area contributed by atoms with Crippen molar-refractivity contribution in [2.24, 2.45) is 10.7 Å². The number of nitrogens with two attached hydrogens (primary N) is 1. The smallest absolute Gasteiger partial charge is 0.393 e. The third-order valence-electron chi connectivity index (χ3n) is 3.77. The molecule has 26 heavy (non-hydrogen) atoms. The van der Waals surface area contributed by atoms with Crippen LogP contribution >= 0.6 is 11.8 Å². The first-order chi connectivity index (χ1) is 12.2. The van der Waals surface area contributed by atoms with Gasteiger partial charge < -0.3 is 20.3 Å². The standard InChI is InChI=1S/C16H20F4N2O3S/c1-22-15(21)26-13-7-11(23)6-12(25-13)14(16(18,19)20)24-8-9-2-4-10(17)5-3-9/h2-5,11-14,23H,6-8H2,1H3,(H2,21,22)/t11-,12-,13?,14+/m0/s1. The number of alkyl halides is 3. The molecule has 1 saturated heterocycles. The summed E-state index contributed by atoms with van der Waals surface area (Å²) in [5.41, 5.74) is 5.21. The van der Waals surface area contributed by atoms with Crippen molar-refractivity contribution in [3.63, 3.8) is 0 Å². The molecule has 146 valence electrons.